The number of fused-ring (bicyclic) bond motifs is 1. The van der Waals surface area contributed by atoms with Gasteiger partial charge < -0.3 is 15.0 Å². The maximum absolute atomic E-state index is 13.4. The lowest BCUT2D eigenvalue weighted by Crippen LogP contribution is -2.40. The molecule has 0 radical (unpaired) electrons. The molecule has 1 fully saturated rings. The molecule has 2 aromatic heterocycles. The molecule has 9 heteroatoms. The summed E-state index contributed by atoms with van der Waals surface area (Å²) in [5, 5.41) is 12.7. The maximum atomic E-state index is 13.4. The van der Waals surface area contributed by atoms with Gasteiger partial charge in [0.15, 0.2) is 0 Å². The van der Waals surface area contributed by atoms with E-state index in [1.807, 2.05) is 79.7 Å². The van der Waals surface area contributed by atoms with E-state index in [4.69, 9.17) is 9.84 Å². The molecule has 6 rings (SSSR count). The Labute approximate surface area is 256 Å². The fourth-order valence-electron chi connectivity index (χ4n) is 5.30. The van der Waals surface area contributed by atoms with Gasteiger partial charge in [0, 0.05) is 47.9 Å². The van der Waals surface area contributed by atoms with Gasteiger partial charge in [-0.05, 0) is 42.1 Å². The Morgan fingerprint density at radius 3 is 2.32 bits per heavy atom. The largest absolute Gasteiger partial charge is 0.378 e. The molecule has 1 saturated heterocycles. The smallest absolute Gasteiger partial charge is 0.324 e. The molecule has 0 unspecified atom stereocenters. The van der Waals surface area contributed by atoms with Crippen LogP contribution in [0.15, 0.2) is 85.2 Å². The lowest BCUT2D eigenvalue weighted by molar-refractivity contribution is 0.0302. The highest BCUT2D eigenvalue weighted by Crippen LogP contribution is 2.34. The van der Waals surface area contributed by atoms with Crippen LogP contribution in [0.1, 0.15) is 42.4 Å². The third-order valence-corrected chi connectivity index (χ3v) is 7.76. The minimum atomic E-state index is -0.378. The van der Waals surface area contributed by atoms with E-state index in [1.165, 1.54) is 0 Å². The van der Waals surface area contributed by atoms with E-state index in [2.05, 4.69) is 36.4 Å². The van der Waals surface area contributed by atoms with Crippen LogP contribution in [0.2, 0.25) is 0 Å². The number of rotatable bonds is 5. The number of urea groups is 1. The van der Waals surface area contributed by atoms with Crippen LogP contribution in [-0.4, -0.2) is 57.9 Å². The molecule has 9 nitrogen and oxygen atoms in total. The first-order chi connectivity index (χ1) is 21.2. The van der Waals surface area contributed by atoms with Crippen molar-refractivity contribution >= 4 is 34.2 Å². The van der Waals surface area contributed by atoms with Crippen LogP contribution in [-0.2, 0) is 10.2 Å². The molecule has 0 spiro atoms. The highest BCUT2D eigenvalue weighted by Gasteiger charge is 2.23. The molecule has 5 aromatic rings. The van der Waals surface area contributed by atoms with Crippen LogP contribution < -0.4 is 10.6 Å². The van der Waals surface area contributed by atoms with Gasteiger partial charge in [0.05, 0.1) is 35.8 Å². The molecule has 0 aliphatic carbocycles. The number of ether oxygens (including phenoxy) is 1. The molecule has 3 aromatic carbocycles. The van der Waals surface area contributed by atoms with Crippen molar-refractivity contribution < 1.29 is 14.3 Å². The lowest BCUT2D eigenvalue weighted by Gasteiger charge is -2.26. The third-order valence-electron chi connectivity index (χ3n) is 7.76. The zero-order chi connectivity index (χ0) is 30.8. The van der Waals surface area contributed by atoms with E-state index in [0.29, 0.717) is 43.4 Å². The normalized spacial score (nSPS) is 13.6. The van der Waals surface area contributed by atoms with Gasteiger partial charge in [-0.2, -0.15) is 5.10 Å². The number of morpholine rings is 1. The van der Waals surface area contributed by atoms with E-state index in [1.54, 1.807) is 22.0 Å². The highest BCUT2D eigenvalue weighted by atomic mass is 16.5. The van der Waals surface area contributed by atoms with Gasteiger partial charge >= 0.3 is 6.03 Å². The molecule has 1 aliphatic rings. The number of aromatic nitrogens is 3. The van der Waals surface area contributed by atoms with Gasteiger partial charge in [0.2, 0.25) is 0 Å². The van der Waals surface area contributed by atoms with Crippen molar-refractivity contribution in [3.05, 3.63) is 102 Å². The zero-order valence-corrected chi connectivity index (χ0v) is 25.4. The number of carbonyl (C=O) groups excluding carboxylic acids is 2. The Balaban J connectivity index is 1.28. The first-order valence-electron chi connectivity index (χ1n) is 14.8. The van der Waals surface area contributed by atoms with Crippen LogP contribution in [0.5, 0.6) is 0 Å². The molecule has 0 bridgehead atoms. The number of aryl methyl sites for hydroxylation is 1. The molecule has 3 amide bonds. The molecule has 1 aliphatic heterocycles. The van der Waals surface area contributed by atoms with Crippen molar-refractivity contribution in [2.75, 3.05) is 36.9 Å². The summed E-state index contributed by atoms with van der Waals surface area (Å²) in [5.74, 6) is 0.520. The second kappa shape index (κ2) is 11.9. The Morgan fingerprint density at radius 1 is 0.864 bits per heavy atom. The number of hydrogen-bond acceptors (Lipinski definition) is 5. The Morgan fingerprint density at radius 2 is 1.59 bits per heavy atom. The Bertz CT molecular complexity index is 1830. The fraction of sp³-hybridized carbons (Fsp3) is 0.257. The van der Waals surface area contributed by atoms with Crippen molar-refractivity contribution in [1.82, 2.24) is 19.7 Å². The molecule has 44 heavy (non-hydrogen) atoms. The number of anilines is 2. The van der Waals surface area contributed by atoms with Crippen molar-refractivity contribution in [3.8, 4) is 16.8 Å². The number of hydrogen-bond donors (Lipinski definition) is 2. The highest BCUT2D eigenvalue weighted by molar-refractivity contribution is 6.10. The van der Waals surface area contributed by atoms with Crippen molar-refractivity contribution in [1.29, 1.82) is 0 Å². The summed E-state index contributed by atoms with van der Waals surface area (Å²) < 4.78 is 7.16. The van der Waals surface area contributed by atoms with Crippen LogP contribution in [0.4, 0.5) is 16.3 Å². The van der Waals surface area contributed by atoms with E-state index < -0.39 is 0 Å². The van der Waals surface area contributed by atoms with Crippen LogP contribution in [0.25, 0.3) is 27.6 Å². The predicted octanol–water partition coefficient (Wildman–Crippen LogP) is 6.81. The zero-order valence-electron chi connectivity index (χ0n) is 25.4. The summed E-state index contributed by atoms with van der Waals surface area (Å²) in [6.07, 6.45) is 3.37. The number of amides is 3. The first-order valence-corrected chi connectivity index (χ1v) is 14.8. The summed E-state index contributed by atoms with van der Waals surface area (Å²) in [4.78, 5) is 32.7. The maximum Gasteiger partial charge on any atom is 0.324 e. The van der Waals surface area contributed by atoms with Gasteiger partial charge in [0.25, 0.3) is 5.91 Å². The SMILES string of the molecule is Cc1ccc(-n2nc(C(C)(C)C)cc2NC(=O)Nc2ccc(-c3cncc(C(=O)N4CCOCC4)c3)c3ccccc23)cc1. The molecule has 0 atom stereocenters. The van der Waals surface area contributed by atoms with E-state index in [9.17, 15) is 9.59 Å². The average Bonchev–Trinajstić information content (AvgIpc) is 3.46. The number of nitrogens with zero attached hydrogens (tertiary/aromatic N) is 4. The fourth-order valence-corrected chi connectivity index (χ4v) is 5.30. The Hall–Kier alpha value is -5.02. The second-order valence-electron chi connectivity index (χ2n) is 12.1. The minimum Gasteiger partial charge on any atom is -0.378 e. The molecule has 2 N–H and O–H groups in total. The molecule has 224 valence electrons. The van der Waals surface area contributed by atoms with E-state index in [-0.39, 0.29) is 17.4 Å². The van der Waals surface area contributed by atoms with E-state index >= 15 is 0 Å². The summed E-state index contributed by atoms with van der Waals surface area (Å²) in [6.45, 7) is 10.5. The standard InChI is InChI=1S/C35H36N6O3/c1-23-9-11-26(12-10-23)41-32(20-31(39-41)35(2,3)4)38-34(43)37-30-14-13-27(28-7-5-6-8-29(28)30)24-19-25(22-36-21-24)33(42)40-15-17-44-18-16-40/h5-14,19-22H,15-18H2,1-4H3,(H2,37,38,43). The van der Waals surface area contributed by atoms with Gasteiger partial charge in [-0.25, -0.2) is 9.48 Å². The summed E-state index contributed by atoms with van der Waals surface area (Å²) in [5.41, 5.74) is 5.61. The first kappa shape index (κ1) is 29.1. The van der Waals surface area contributed by atoms with Gasteiger partial charge in [-0.3, -0.25) is 15.1 Å². The lowest BCUT2D eigenvalue weighted by atomic mass is 9.92. The van der Waals surface area contributed by atoms with Crippen LogP contribution >= 0.6 is 0 Å². The molecular formula is C35H36N6O3. The number of carbonyl (C=O) groups is 2. The second-order valence-corrected chi connectivity index (χ2v) is 12.1. The predicted molar refractivity (Wildman–Crippen MR) is 174 cm³/mol. The van der Waals surface area contributed by atoms with Gasteiger partial charge in [-0.1, -0.05) is 68.8 Å². The number of nitrogens with one attached hydrogen (secondary N) is 2. The Kier molecular flexibility index (Phi) is 7.88. The molecule has 3 heterocycles. The quantitative estimate of drug-likeness (QED) is 0.235. The third kappa shape index (κ3) is 6.05. The number of pyridine rings is 1. The molecule has 0 saturated carbocycles. The number of benzene rings is 3. The monoisotopic (exact) mass is 588 g/mol. The summed E-state index contributed by atoms with van der Waals surface area (Å²) >= 11 is 0. The van der Waals surface area contributed by atoms with Crippen molar-refractivity contribution in [3.63, 3.8) is 0 Å². The van der Waals surface area contributed by atoms with Gasteiger partial charge in [0.1, 0.15) is 5.82 Å². The minimum absolute atomic E-state index is 0.0543. The van der Waals surface area contributed by atoms with Crippen LogP contribution in [0.3, 0.4) is 0 Å². The average molecular weight is 589 g/mol. The molecular weight excluding hydrogens is 552 g/mol. The summed E-state index contributed by atoms with van der Waals surface area (Å²) in [6, 6.07) is 23.1. The van der Waals surface area contributed by atoms with E-state index in [0.717, 1.165) is 38.8 Å². The van der Waals surface area contributed by atoms with Crippen molar-refractivity contribution in [2.24, 2.45) is 0 Å². The van der Waals surface area contributed by atoms with Gasteiger partial charge in [-0.15, -0.1) is 0 Å². The van der Waals surface area contributed by atoms with Crippen LogP contribution in [0, 0.1) is 6.92 Å². The van der Waals surface area contributed by atoms with Crippen molar-refractivity contribution in [2.45, 2.75) is 33.1 Å². The topological polar surface area (TPSA) is 101 Å². The summed E-state index contributed by atoms with van der Waals surface area (Å²) in [7, 11) is 0.